The first-order chi connectivity index (χ1) is 15.6. The smallest absolute Gasteiger partial charge is 0.324 e. The van der Waals surface area contributed by atoms with E-state index in [0.717, 1.165) is 18.5 Å². The molecule has 4 rings (SSSR count). The summed E-state index contributed by atoms with van der Waals surface area (Å²) in [6.07, 6.45) is 4.84. The van der Waals surface area contributed by atoms with E-state index in [4.69, 9.17) is 4.74 Å². The minimum atomic E-state index is -0.379. The van der Waals surface area contributed by atoms with Crippen LogP contribution in [0.5, 0.6) is 5.75 Å². The van der Waals surface area contributed by atoms with Gasteiger partial charge in [0.2, 0.25) is 0 Å². The van der Waals surface area contributed by atoms with Gasteiger partial charge in [0.25, 0.3) is 5.91 Å². The number of rotatable bonds is 5. The lowest BCUT2D eigenvalue weighted by Gasteiger charge is -2.33. The summed E-state index contributed by atoms with van der Waals surface area (Å²) < 4.78 is 7.09. The minimum Gasteiger partial charge on any atom is -0.495 e. The minimum absolute atomic E-state index is 0.00375. The van der Waals surface area contributed by atoms with Gasteiger partial charge in [-0.3, -0.25) is 15.1 Å². The largest absolute Gasteiger partial charge is 0.495 e. The number of amides is 3. The molecule has 1 aliphatic rings. The summed E-state index contributed by atoms with van der Waals surface area (Å²) in [5.41, 5.74) is 1.95. The number of methoxy groups -OCH3 is 1. The van der Waals surface area contributed by atoms with Gasteiger partial charge >= 0.3 is 6.03 Å². The number of carbonyl (C=O) groups is 2. The van der Waals surface area contributed by atoms with Crippen LogP contribution in [0.25, 0.3) is 0 Å². The molecule has 1 aromatic carbocycles. The Bertz CT molecular complexity index is 1100. The van der Waals surface area contributed by atoms with Crippen LogP contribution in [-0.4, -0.2) is 51.8 Å². The number of benzene rings is 1. The number of urea groups is 1. The molecule has 1 saturated heterocycles. The number of ether oxygens (including phenoxy) is 1. The Hall–Kier alpha value is -3.88. The van der Waals surface area contributed by atoms with Crippen LogP contribution in [0.2, 0.25) is 0 Å². The third-order valence-electron chi connectivity index (χ3n) is 5.60. The summed E-state index contributed by atoms with van der Waals surface area (Å²) in [7, 11) is 1.56. The molecule has 2 N–H and O–H groups in total. The fourth-order valence-electron chi connectivity index (χ4n) is 3.92. The first-order valence-corrected chi connectivity index (χ1v) is 10.5. The fraction of sp³-hybridized carbons (Fsp3) is 0.304. The lowest BCUT2D eigenvalue weighted by atomic mass is 10.0. The molecule has 0 bridgehead atoms. The van der Waals surface area contributed by atoms with E-state index < -0.39 is 0 Å². The van der Waals surface area contributed by atoms with Gasteiger partial charge in [-0.2, -0.15) is 5.10 Å². The normalized spacial score (nSPS) is 14.1. The lowest BCUT2D eigenvalue weighted by Crippen LogP contribution is -2.39. The molecule has 3 amide bonds. The standard InChI is InChI=1S/C23H26N6O3/c1-16-18(6-5-12-24-16)22(30)28-14-10-17(11-15-28)29-21(9-13-25-29)27-23(31)26-19-7-3-4-8-20(19)32-2/h3-9,12-13,17H,10-11,14-15H2,1-2H3,(H2,26,27,31). The third-order valence-corrected chi connectivity index (χ3v) is 5.60. The molecule has 2 aromatic heterocycles. The number of aromatic nitrogens is 3. The molecule has 166 valence electrons. The van der Waals surface area contributed by atoms with E-state index in [0.29, 0.717) is 35.9 Å². The van der Waals surface area contributed by atoms with Crippen molar-refractivity contribution < 1.29 is 14.3 Å². The molecule has 0 aliphatic carbocycles. The van der Waals surface area contributed by atoms with Crippen molar-refractivity contribution in [3.8, 4) is 5.75 Å². The molecule has 9 nitrogen and oxygen atoms in total. The van der Waals surface area contributed by atoms with Gasteiger partial charge in [-0.15, -0.1) is 0 Å². The molecule has 0 saturated carbocycles. The van der Waals surface area contributed by atoms with Gasteiger partial charge in [0.05, 0.1) is 30.6 Å². The maximum atomic E-state index is 12.8. The van der Waals surface area contributed by atoms with Crippen LogP contribution >= 0.6 is 0 Å². The molecule has 0 spiro atoms. The maximum absolute atomic E-state index is 12.8. The molecule has 32 heavy (non-hydrogen) atoms. The van der Waals surface area contributed by atoms with Crippen molar-refractivity contribution in [1.29, 1.82) is 0 Å². The van der Waals surface area contributed by atoms with E-state index in [2.05, 4.69) is 20.7 Å². The number of pyridine rings is 1. The second-order valence-corrected chi connectivity index (χ2v) is 7.60. The van der Waals surface area contributed by atoms with Gasteiger partial charge in [0.15, 0.2) is 0 Å². The van der Waals surface area contributed by atoms with Crippen LogP contribution in [0.4, 0.5) is 16.3 Å². The second kappa shape index (κ2) is 9.51. The molecular weight excluding hydrogens is 408 g/mol. The van der Waals surface area contributed by atoms with Gasteiger partial charge in [-0.05, 0) is 44.0 Å². The van der Waals surface area contributed by atoms with Crippen molar-refractivity contribution in [1.82, 2.24) is 19.7 Å². The van der Waals surface area contributed by atoms with Gasteiger partial charge < -0.3 is 15.0 Å². The number of hydrogen-bond acceptors (Lipinski definition) is 5. The highest BCUT2D eigenvalue weighted by molar-refractivity contribution is 6.00. The van der Waals surface area contributed by atoms with Gasteiger partial charge in [0.1, 0.15) is 11.6 Å². The summed E-state index contributed by atoms with van der Waals surface area (Å²) in [5, 5.41) is 10.1. The van der Waals surface area contributed by atoms with Crippen molar-refractivity contribution in [2.24, 2.45) is 0 Å². The van der Waals surface area contributed by atoms with Crippen LogP contribution < -0.4 is 15.4 Å². The highest BCUT2D eigenvalue weighted by Crippen LogP contribution is 2.27. The van der Waals surface area contributed by atoms with E-state index >= 15 is 0 Å². The van der Waals surface area contributed by atoms with Crippen molar-refractivity contribution >= 4 is 23.4 Å². The second-order valence-electron chi connectivity index (χ2n) is 7.60. The molecular formula is C23H26N6O3. The number of piperidine rings is 1. The van der Waals surface area contributed by atoms with Crippen LogP contribution in [-0.2, 0) is 0 Å². The van der Waals surface area contributed by atoms with Crippen molar-refractivity contribution in [2.75, 3.05) is 30.8 Å². The Morgan fingerprint density at radius 3 is 2.56 bits per heavy atom. The number of nitrogens with one attached hydrogen (secondary N) is 2. The van der Waals surface area contributed by atoms with E-state index in [1.807, 2.05) is 34.7 Å². The molecule has 0 radical (unpaired) electrons. The van der Waals surface area contributed by atoms with Crippen molar-refractivity contribution in [3.63, 3.8) is 0 Å². The van der Waals surface area contributed by atoms with Crippen LogP contribution in [0.3, 0.4) is 0 Å². The van der Waals surface area contributed by atoms with Gasteiger partial charge in [-0.25, -0.2) is 9.48 Å². The number of carbonyl (C=O) groups excluding carboxylic acids is 2. The zero-order valence-electron chi connectivity index (χ0n) is 18.1. The molecule has 0 unspecified atom stereocenters. The van der Waals surface area contributed by atoms with E-state index in [-0.39, 0.29) is 18.0 Å². The summed E-state index contributed by atoms with van der Waals surface area (Å²) in [6, 6.07) is 12.3. The zero-order valence-corrected chi connectivity index (χ0v) is 18.1. The SMILES string of the molecule is COc1ccccc1NC(=O)Nc1ccnn1C1CCN(C(=O)c2cccnc2C)CC1. The summed E-state index contributed by atoms with van der Waals surface area (Å²) in [5.74, 6) is 1.19. The van der Waals surface area contributed by atoms with E-state index in [9.17, 15) is 9.59 Å². The van der Waals surface area contributed by atoms with Gasteiger partial charge in [0, 0.05) is 31.0 Å². The molecule has 3 aromatic rings. The number of para-hydroxylation sites is 2. The Morgan fingerprint density at radius 1 is 1.03 bits per heavy atom. The maximum Gasteiger partial charge on any atom is 0.324 e. The average Bonchev–Trinajstić information content (AvgIpc) is 3.27. The Balaban J connectivity index is 1.37. The quantitative estimate of drug-likeness (QED) is 0.637. The summed E-state index contributed by atoms with van der Waals surface area (Å²) in [4.78, 5) is 31.4. The van der Waals surface area contributed by atoms with E-state index in [1.165, 1.54) is 0 Å². The highest BCUT2D eigenvalue weighted by Gasteiger charge is 2.27. The van der Waals surface area contributed by atoms with Gasteiger partial charge in [-0.1, -0.05) is 12.1 Å². The number of hydrogen-bond donors (Lipinski definition) is 2. The summed E-state index contributed by atoms with van der Waals surface area (Å²) in [6.45, 7) is 3.08. The zero-order chi connectivity index (χ0) is 22.5. The fourth-order valence-corrected chi connectivity index (χ4v) is 3.92. The first-order valence-electron chi connectivity index (χ1n) is 10.5. The Kier molecular flexibility index (Phi) is 6.34. The number of nitrogens with zero attached hydrogens (tertiary/aromatic N) is 4. The predicted molar refractivity (Wildman–Crippen MR) is 121 cm³/mol. The Morgan fingerprint density at radius 2 is 1.81 bits per heavy atom. The molecule has 9 heteroatoms. The van der Waals surface area contributed by atoms with Crippen LogP contribution in [0.15, 0.2) is 54.9 Å². The number of aryl methyl sites for hydroxylation is 1. The van der Waals surface area contributed by atoms with Crippen molar-refractivity contribution in [3.05, 3.63) is 66.1 Å². The molecule has 1 aliphatic heterocycles. The van der Waals surface area contributed by atoms with Crippen LogP contribution in [0, 0.1) is 6.92 Å². The number of anilines is 2. The molecule has 0 atom stereocenters. The average molecular weight is 435 g/mol. The monoisotopic (exact) mass is 434 g/mol. The highest BCUT2D eigenvalue weighted by atomic mass is 16.5. The lowest BCUT2D eigenvalue weighted by molar-refractivity contribution is 0.0689. The van der Waals surface area contributed by atoms with Crippen LogP contribution in [0.1, 0.15) is 34.9 Å². The molecule has 3 heterocycles. The Labute approximate surface area is 186 Å². The molecule has 1 fully saturated rings. The predicted octanol–water partition coefficient (Wildman–Crippen LogP) is 3.72. The summed E-state index contributed by atoms with van der Waals surface area (Å²) >= 11 is 0. The van der Waals surface area contributed by atoms with E-state index in [1.54, 1.807) is 43.8 Å². The van der Waals surface area contributed by atoms with Crippen molar-refractivity contribution in [2.45, 2.75) is 25.8 Å². The first kappa shape index (κ1) is 21.4. The third kappa shape index (κ3) is 4.56. The number of likely N-dealkylation sites (tertiary alicyclic amines) is 1. The topological polar surface area (TPSA) is 101 Å².